The number of hydrogen-bond acceptors (Lipinski definition) is 5. The zero-order chi connectivity index (χ0) is 17.2. The number of hydrogen-bond donors (Lipinski definition) is 0. The summed E-state index contributed by atoms with van der Waals surface area (Å²) in [6.45, 7) is 0. The first kappa shape index (κ1) is 19.5. The van der Waals surface area contributed by atoms with E-state index < -0.39 is 0 Å². The first-order valence-corrected chi connectivity index (χ1v) is 8.24. The highest BCUT2D eigenvalue weighted by Crippen LogP contribution is 2.27. The van der Waals surface area contributed by atoms with E-state index in [9.17, 15) is 0 Å². The molecule has 0 atom stereocenters. The van der Waals surface area contributed by atoms with Crippen molar-refractivity contribution in [3.63, 3.8) is 0 Å². The highest BCUT2D eigenvalue weighted by molar-refractivity contribution is 9.08. The first-order chi connectivity index (χ1) is 11.1. The summed E-state index contributed by atoms with van der Waals surface area (Å²) in [6, 6.07) is 5.31. The van der Waals surface area contributed by atoms with Crippen molar-refractivity contribution in [3.8, 4) is 17.6 Å². The smallest absolute Gasteiger partial charge is 0.159 e. The van der Waals surface area contributed by atoms with Gasteiger partial charge in [0.15, 0.2) is 11.5 Å². The zero-order valence-corrected chi connectivity index (χ0v) is 15.6. The molecule has 8 heteroatoms. The minimum atomic E-state index is 0.212. The first-order valence-electron chi connectivity index (χ1n) is 6.36. The molecule has 0 amide bonds. The third-order valence-corrected chi connectivity index (χ3v) is 3.77. The van der Waals surface area contributed by atoms with Gasteiger partial charge in [0.05, 0.1) is 48.1 Å². The average molecular weight is 419 g/mol. The molecule has 122 valence electrons. The molecular formula is C15H14BrCl2N3O2. The van der Waals surface area contributed by atoms with Crippen molar-refractivity contribution in [2.24, 2.45) is 0 Å². The number of rotatable bonds is 4. The number of pyridine rings is 2. The monoisotopic (exact) mass is 417 g/mol. The standard InChI is InChI=1S/C8H7ClN2O.C7H7BrClNO/c1-12-8-6(9)3-5-11-7(8)2-4-10;1-11-7-5(9)2-3-10-6(7)4-8/h3,5H,2H2,1H3;2-3H,4H2,1H3. The molecule has 2 aromatic heterocycles. The van der Waals surface area contributed by atoms with Crippen LogP contribution in [0.2, 0.25) is 10.0 Å². The molecule has 0 unspecified atom stereocenters. The Hall–Kier alpha value is -1.55. The summed E-state index contributed by atoms with van der Waals surface area (Å²) in [7, 11) is 3.08. The quantitative estimate of drug-likeness (QED) is 0.686. The topological polar surface area (TPSA) is 68.0 Å². The van der Waals surface area contributed by atoms with E-state index >= 15 is 0 Å². The van der Waals surface area contributed by atoms with E-state index in [0.29, 0.717) is 32.6 Å². The summed E-state index contributed by atoms with van der Waals surface area (Å²) in [5.74, 6) is 1.13. The molecule has 0 fully saturated rings. The van der Waals surface area contributed by atoms with Crippen LogP contribution < -0.4 is 9.47 Å². The lowest BCUT2D eigenvalue weighted by Gasteiger charge is -2.05. The van der Waals surface area contributed by atoms with Crippen molar-refractivity contribution in [1.82, 2.24) is 9.97 Å². The predicted octanol–water partition coefficient (Wildman–Crippen LogP) is 4.45. The Bertz CT molecular complexity index is 693. The van der Waals surface area contributed by atoms with Crippen LogP contribution in [0.5, 0.6) is 11.5 Å². The Balaban J connectivity index is 0.000000231. The molecule has 0 radical (unpaired) electrons. The van der Waals surface area contributed by atoms with Gasteiger partial charge in [0.1, 0.15) is 0 Å². The second-order valence-corrected chi connectivity index (χ2v) is 5.39. The average Bonchev–Trinajstić information content (AvgIpc) is 2.55. The van der Waals surface area contributed by atoms with Gasteiger partial charge in [-0.25, -0.2) is 0 Å². The number of aromatic nitrogens is 2. The molecular weight excluding hydrogens is 405 g/mol. The molecule has 5 nitrogen and oxygen atoms in total. The van der Waals surface area contributed by atoms with Crippen LogP contribution in [0, 0.1) is 11.3 Å². The predicted molar refractivity (Wildman–Crippen MR) is 93.5 cm³/mol. The van der Waals surface area contributed by atoms with Crippen LogP contribution in [0.25, 0.3) is 0 Å². The van der Waals surface area contributed by atoms with E-state index in [4.69, 9.17) is 37.9 Å². The van der Waals surface area contributed by atoms with Crippen molar-refractivity contribution in [2.45, 2.75) is 11.8 Å². The lowest BCUT2D eigenvalue weighted by Crippen LogP contribution is -1.94. The summed E-state index contributed by atoms with van der Waals surface area (Å²) in [4.78, 5) is 8.04. The van der Waals surface area contributed by atoms with Gasteiger partial charge in [0.2, 0.25) is 0 Å². The van der Waals surface area contributed by atoms with Crippen molar-refractivity contribution in [3.05, 3.63) is 46.0 Å². The highest BCUT2D eigenvalue weighted by Gasteiger charge is 2.07. The van der Waals surface area contributed by atoms with E-state index in [1.807, 2.05) is 6.07 Å². The minimum Gasteiger partial charge on any atom is -0.493 e. The fourth-order valence-electron chi connectivity index (χ4n) is 1.66. The normalized spacial score (nSPS) is 9.39. The maximum Gasteiger partial charge on any atom is 0.159 e. The fraction of sp³-hybridized carbons (Fsp3) is 0.267. The molecule has 0 aromatic carbocycles. The number of ether oxygens (including phenoxy) is 2. The molecule has 23 heavy (non-hydrogen) atoms. The number of nitriles is 1. The van der Waals surface area contributed by atoms with Gasteiger partial charge < -0.3 is 9.47 Å². The summed E-state index contributed by atoms with van der Waals surface area (Å²) >= 11 is 14.9. The third kappa shape index (κ3) is 5.54. The van der Waals surface area contributed by atoms with Crippen molar-refractivity contribution in [2.75, 3.05) is 14.2 Å². The van der Waals surface area contributed by atoms with Crippen LogP contribution in [0.15, 0.2) is 24.5 Å². The SMILES string of the molecule is COc1c(Cl)ccnc1CBr.COc1c(Cl)ccnc1CC#N. The number of alkyl halides is 1. The maximum absolute atomic E-state index is 8.44. The maximum atomic E-state index is 8.44. The summed E-state index contributed by atoms with van der Waals surface area (Å²) < 4.78 is 10.0. The Morgan fingerprint density at radius 1 is 1.04 bits per heavy atom. The minimum absolute atomic E-state index is 0.212. The van der Waals surface area contributed by atoms with Crippen LogP contribution in [0.1, 0.15) is 11.4 Å². The molecule has 0 spiro atoms. The molecule has 0 saturated heterocycles. The number of methoxy groups -OCH3 is 2. The second-order valence-electron chi connectivity index (χ2n) is 4.01. The molecule has 0 aliphatic carbocycles. The van der Waals surface area contributed by atoms with Gasteiger partial charge in [-0.15, -0.1) is 0 Å². The number of halogens is 3. The molecule has 0 aliphatic rings. The largest absolute Gasteiger partial charge is 0.493 e. The fourth-order valence-corrected chi connectivity index (χ4v) is 2.54. The molecule has 2 aromatic rings. The van der Waals surface area contributed by atoms with Gasteiger partial charge in [0, 0.05) is 17.7 Å². The van der Waals surface area contributed by atoms with Gasteiger partial charge >= 0.3 is 0 Å². The molecule has 0 saturated carbocycles. The second kappa shape index (κ2) is 10.3. The van der Waals surface area contributed by atoms with Crippen LogP contribution in [-0.4, -0.2) is 24.2 Å². The van der Waals surface area contributed by atoms with E-state index in [1.54, 1.807) is 31.6 Å². The number of nitrogens with zero attached hydrogens (tertiary/aromatic N) is 3. The summed E-state index contributed by atoms with van der Waals surface area (Å²) in [5.41, 5.74) is 1.40. The molecule has 0 N–H and O–H groups in total. The Morgan fingerprint density at radius 2 is 1.52 bits per heavy atom. The molecule has 2 rings (SSSR count). The van der Waals surface area contributed by atoms with E-state index in [0.717, 1.165) is 5.69 Å². The Labute approximate surface area is 153 Å². The van der Waals surface area contributed by atoms with Gasteiger partial charge in [0.25, 0.3) is 0 Å². The van der Waals surface area contributed by atoms with Crippen molar-refractivity contribution >= 4 is 39.1 Å². The van der Waals surface area contributed by atoms with Crippen LogP contribution in [-0.2, 0) is 11.8 Å². The zero-order valence-electron chi connectivity index (χ0n) is 12.5. The van der Waals surface area contributed by atoms with E-state index in [-0.39, 0.29) is 6.42 Å². The summed E-state index contributed by atoms with van der Waals surface area (Å²) in [5, 5.41) is 10.2. The molecule has 0 aliphatic heterocycles. The van der Waals surface area contributed by atoms with Gasteiger partial charge in [-0.05, 0) is 12.1 Å². The van der Waals surface area contributed by atoms with E-state index in [2.05, 4.69) is 25.9 Å². The van der Waals surface area contributed by atoms with E-state index in [1.165, 1.54) is 7.11 Å². The van der Waals surface area contributed by atoms with Crippen LogP contribution >= 0.6 is 39.1 Å². The van der Waals surface area contributed by atoms with Gasteiger partial charge in [-0.2, -0.15) is 5.26 Å². The van der Waals surface area contributed by atoms with Crippen LogP contribution in [0.4, 0.5) is 0 Å². The Kier molecular flexibility index (Phi) is 8.70. The third-order valence-electron chi connectivity index (χ3n) is 2.64. The highest BCUT2D eigenvalue weighted by atomic mass is 79.9. The van der Waals surface area contributed by atoms with Gasteiger partial charge in [-0.1, -0.05) is 39.1 Å². The lowest BCUT2D eigenvalue weighted by molar-refractivity contribution is 0.408. The molecule has 2 heterocycles. The van der Waals surface area contributed by atoms with Crippen molar-refractivity contribution < 1.29 is 9.47 Å². The molecule has 0 bridgehead atoms. The lowest BCUT2D eigenvalue weighted by atomic mass is 10.2. The Morgan fingerprint density at radius 3 is 1.91 bits per heavy atom. The van der Waals surface area contributed by atoms with Crippen LogP contribution in [0.3, 0.4) is 0 Å². The summed E-state index contributed by atoms with van der Waals surface area (Å²) in [6.07, 6.45) is 3.42. The van der Waals surface area contributed by atoms with Gasteiger partial charge in [-0.3, -0.25) is 9.97 Å². The van der Waals surface area contributed by atoms with Crippen molar-refractivity contribution in [1.29, 1.82) is 5.26 Å².